The highest BCUT2D eigenvalue weighted by atomic mass is 16.5. The van der Waals surface area contributed by atoms with Crippen LogP contribution in [0.25, 0.3) is 11.0 Å². The molecule has 0 unspecified atom stereocenters. The number of nitrogen functional groups attached to an aromatic ring is 1. The Morgan fingerprint density at radius 2 is 2.43 bits per heavy atom. The van der Waals surface area contributed by atoms with Gasteiger partial charge in [0.2, 0.25) is 0 Å². The summed E-state index contributed by atoms with van der Waals surface area (Å²) in [4.78, 5) is 21.8. The number of H-pyrrole nitrogens is 1. The molecular formula is C8H8N4O2. The lowest BCUT2D eigenvalue weighted by atomic mass is 10.3. The zero-order chi connectivity index (χ0) is 10.1. The smallest absolute Gasteiger partial charge is 0.356 e. The van der Waals surface area contributed by atoms with Gasteiger partial charge in [-0.2, -0.15) is 0 Å². The Balaban J connectivity index is 2.68. The van der Waals surface area contributed by atoms with Crippen molar-refractivity contribution < 1.29 is 9.53 Å². The van der Waals surface area contributed by atoms with Crippen LogP contribution in [-0.4, -0.2) is 28.0 Å². The van der Waals surface area contributed by atoms with E-state index in [4.69, 9.17) is 5.73 Å². The van der Waals surface area contributed by atoms with Crippen LogP contribution in [0.15, 0.2) is 12.5 Å². The van der Waals surface area contributed by atoms with Crippen molar-refractivity contribution in [3.05, 3.63) is 18.2 Å². The van der Waals surface area contributed by atoms with Gasteiger partial charge in [0, 0.05) is 0 Å². The van der Waals surface area contributed by atoms with Crippen molar-refractivity contribution >= 4 is 22.7 Å². The molecule has 6 nitrogen and oxygen atoms in total. The molecule has 0 aliphatic heterocycles. The molecule has 0 fully saturated rings. The summed E-state index contributed by atoms with van der Waals surface area (Å²) in [6.07, 6.45) is 2.92. The molecule has 2 rings (SSSR count). The molecule has 0 aromatic carbocycles. The van der Waals surface area contributed by atoms with Gasteiger partial charge in [0.1, 0.15) is 11.8 Å². The first-order valence-corrected chi connectivity index (χ1v) is 3.89. The molecule has 0 saturated heterocycles. The lowest BCUT2D eigenvalue weighted by molar-refractivity contribution is 0.0596. The standard InChI is InChI=1S/C8H8N4O2/c1-14-8(13)7-5(9)6-4(12-7)2-10-3-11-6/h2-3,12H,9H2,1H3. The predicted molar refractivity (Wildman–Crippen MR) is 49.6 cm³/mol. The number of carbonyl (C=O) groups excluding carboxylic acids is 1. The lowest BCUT2D eigenvalue weighted by Crippen LogP contribution is -2.04. The summed E-state index contributed by atoms with van der Waals surface area (Å²) in [6.45, 7) is 0. The van der Waals surface area contributed by atoms with Crippen molar-refractivity contribution in [3.8, 4) is 0 Å². The fourth-order valence-electron chi connectivity index (χ4n) is 1.22. The van der Waals surface area contributed by atoms with Gasteiger partial charge in [-0.3, -0.25) is 0 Å². The third-order valence-electron chi connectivity index (χ3n) is 1.89. The molecule has 0 atom stereocenters. The molecule has 2 aromatic heterocycles. The van der Waals surface area contributed by atoms with E-state index in [1.54, 1.807) is 6.20 Å². The van der Waals surface area contributed by atoms with Crippen LogP contribution in [0.3, 0.4) is 0 Å². The first kappa shape index (κ1) is 8.49. The summed E-state index contributed by atoms with van der Waals surface area (Å²) >= 11 is 0. The minimum absolute atomic E-state index is 0.211. The van der Waals surface area contributed by atoms with Gasteiger partial charge >= 0.3 is 5.97 Å². The number of nitrogens with one attached hydrogen (secondary N) is 1. The van der Waals surface area contributed by atoms with Crippen LogP contribution in [0.1, 0.15) is 10.5 Å². The SMILES string of the molecule is COC(=O)c1[nH]c2cncnc2c1N. The number of carbonyl (C=O) groups is 1. The number of nitrogens with zero attached hydrogens (tertiary/aromatic N) is 2. The Kier molecular flexibility index (Phi) is 1.81. The Bertz CT molecular complexity index is 491. The maximum atomic E-state index is 11.2. The number of esters is 1. The van der Waals surface area contributed by atoms with E-state index in [1.807, 2.05) is 0 Å². The van der Waals surface area contributed by atoms with Crippen LogP contribution >= 0.6 is 0 Å². The molecular weight excluding hydrogens is 184 g/mol. The number of nitrogens with two attached hydrogens (primary N) is 1. The summed E-state index contributed by atoms with van der Waals surface area (Å²) in [7, 11) is 1.29. The molecule has 2 heterocycles. The molecule has 2 aromatic rings. The first-order chi connectivity index (χ1) is 6.74. The molecule has 0 aliphatic rings. The van der Waals surface area contributed by atoms with Crippen LogP contribution < -0.4 is 5.73 Å². The van der Waals surface area contributed by atoms with E-state index in [9.17, 15) is 4.79 Å². The van der Waals surface area contributed by atoms with Gasteiger partial charge in [-0.05, 0) is 0 Å². The summed E-state index contributed by atoms with van der Waals surface area (Å²) < 4.78 is 4.55. The van der Waals surface area contributed by atoms with Crippen LogP contribution in [0.2, 0.25) is 0 Å². The molecule has 14 heavy (non-hydrogen) atoms. The molecule has 0 saturated carbocycles. The second kappa shape index (κ2) is 2.99. The second-order valence-electron chi connectivity index (χ2n) is 2.69. The van der Waals surface area contributed by atoms with Crippen LogP contribution in [0.5, 0.6) is 0 Å². The van der Waals surface area contributed by atoms with Gasteiger partial charge in [0.05, 0.1) is 24.5 Å². The summed E-state index contributed by atoms with van der Waals surface area (Å²) in [5.41, 5.74) is 7.33. The minimum Gasteiger partial charge on any atom is -0.464 e. The highest BCUT2D eigenvalue weighted by molar-refractivity contribution is 6.03. The fraction of sp³-hybridized carbons (Fsp3) is 0.125. The predicted octanol–water partition coefficient (Wildman–Crippen LogP) is 0.327. The highest BCUT2D eigenvalue weighted by Crippen LogP contribution is 2.21. The number of aromatic amines is 1. The van der Waals surface area contributed by atoms with Gasteiger partial charge in [-0.1, -0.05) is 0 Å². The molecule has 0 aliphatic carbocycles. The monoisotopic (exact) mass is 192 g/mol. The number of hydrogen-bond donors (Lipinski definition) is 2. The van der Waals surface area contributed by atoms with E-state index >= 15 is 0 Å². The Labute approximate surface area is 79.1 Å². The molecule has 0 spiro atoms. The lowest BCUT2D eigenvalue weighted by Gasteiger charge is -1.95. The molecule has 0 radical (unpaired) electrons. The fourth-order valence-corrected chi connectivity index (χ4v) is 1.22. The largest absolute Gasteiger partial charge is 0.464 e. The van der Waals surface area contributed by atoms with E-state index in [0.717, 1.165) is 0 Å². The van der Waals surface area contributed by atoms with E-state index in [-0.39, 0.29) is 11.4 Å². The number of fused-ring (bicyclic) bond motifs is 1. The van der Waals surface area contributed by atoms with Crippen molar-refractivity contribution in [3.63, 3.8) is 0 Å². The van der Waals surface area contributed by atoms with E-state index in [0.29, 0.717) is 11.0 Å². The average Bonchev–Trinajstić information content (AvgIpc) is 2.56. The van der Waals surface area contributed by atoms with Gasteiger partial charge in [0.25, 0.3) is 0 Å². The number of ether oxygens (including phenoxy) is 1. The van der Waals surface area contributed by atoms with Crippen molar-refractivity contribution in [2.45, 2.75) is 0 Å². The van der Waals surface area contributed by atoms with Crippen molar-refractivity contribution in [2.75, 3.05) is 12.8 Å². The highest BCUT2D eigenvalue weighted by Gasteiger charge is 2.16. The Morgan fingerprint density at radius 3 is 3.07 bits per heavy atom. The summed E-state index contributed by atoms with van der Waals surface area (Å²) in [5.74, 6) is -0.513. The van der Waals surface area contributed by atoms with Crippen molar-refractivity contribution in [1.82, 2.24) is 15.0 Å². The van der Waals surface area contributed by atoms with Gasteiger partial charge in [-0.15, -0.1) is 0 Å². The maximum absolute atomic E-state index is 11.2. The quantitative estimate of drug-likeness (QED) is 0.635. The minimum atomic E-state index is -0.513. The normalized spacial score (nSPS) is 10.4. The Morgan fingerprint density at radius 1 is 1.64 bits per heavy atom. The first-order valence-electron chi connectivity index (χ1n) is 3.89. The zero-order valence-corrected chi connectivity index (χ0v) is 7.44. The van der Waals surface area contributed by atoms with Crippen molar-refractivity contribution in [2.24, 2.45) is 0 Å². The molecule has 72 valence electrons. The molecule has 6 heteroatoms. The number of rotatable bonds is 1. The Hall–Kier alpha value is -2.11. The summed E-state index contributed by atoms with van der Waals surface area (Å²) in [5, 5.41) is 0. The van der Waals surface area contributed by atoms with Gasteiger partial charge in [-0.25, -0.2) is 14.8 Å². The number of methoxy groups -OCH3 is 1. The maximum Gasteiger partial charge on any atom is 0.356 e. The van der Waals surface area contributed by atoms with Crippen molar-refractivity contribution in [1.29, 1.82) is 0 Å². The zero-order valence-electron chi connectivity index (χ0n) is 7.44. The molecule has 3 N–H and O–H groups in total. The molecule has 0 amide bonds. The second-order valence-corrected chi connectivity index (χ2v) is 2.69. The van der Waals surface area contributed by atoms with Gasteiger partial charge in [0.15, 0.2) is 5.69 Å². The average molecular weight is 192 g/mol. The number of hydrogen-bond acceptors (Lipinski definition) is 5. The summed E-state index contributed by atoms with van der Waals surface area (Å²) in [6, 6.07) is 0. The third-order valence-corrected chi connectivity index (χ3v) is 1.89. The van der Waals surface area contributed by atoms with Crippen LogP contribution in [0, 0.1) is 0 Å². The molecule has 0 bridgehead atoms. The van der Waals surface area contributed by atoms with Gasteiger partial charge < -0.3 is 15.5 Å². The van der Waals surface area contributed by atoms with E-state index in [1.165, 1.54) is 13.4 Å². The van der Waals surface area contributed by atoms with E-state index < -0.39 is 5.97 Å². The number of anilines is 1. The van der Waals surface area contributed by atoms with Crippen LogP contribution in [0.4, 0.5) is 5.69 Å². The van der Waals surface area contributed by atoms with Crippen LogP contribution in [-0.2, 0) is 4.74 Å². The third kappa shape index (κ3) is 1.08. The number of aromatic nitrogens is 3. The topological polar surface area (TPSA) is 93.9 Å². The van der Waals surface area contributed by atoms with E-state index in [2.05, 4.69) is 19.7 Å².